The molecular formula is C19H19NO4. The lowest BCUT2D eigenvalue weighted by molar-refractivity contribution is 0.0512. The van der Waals surface area contributed by atoms with Crippen molar-refractivity contribution in [2.24, 2.45) is 5.16 Å². The lowest BCUT2D eigenvalue weighted by Crippen LogP contribution is -2.14. The Morgan fingerprint density at radius 3 is 2.67 bits per heavy atom. The molecule has 2 aromatic carbocycles. The summed E-state index contributed by atoms with van der Waals surface area (Å²) in [5.41, 5.74) is 3.31. The highest BCUT2D eigenvalue weighted by molar-refractivity contribution is 6.03. The van der Waals surface area contributed by atoms with E-state index in [1.165, 1.54) is 7.11 Å². The van der Waals surface area contributed by atoms with Crippen LogP contribution in [-0.2, 0) is 11.3 Å². The van der Waals surface area contributed by atoms with E-state index in [4.69, 9.17) is 14.3 Å². The van der Waals surface area contributed by atoms with Crippen LogP contribution in [0.2, 0.25) is 0 Å². The minimum absolute atomic E-state index is 0.357. The summed E-state index contributed by atoms with van der Waals surface area (Å²) in [6, 6.07) is 12.8. The normalized spacial score (nSPS) is 14.8. The van der Waals surface area contributed by atoms with Gasteiger partial charge >= 0.3 is 5.97 Å². The van der Waals surface area contributed by atoms with Crippen LogP contribution in [-0.4, -0.2) is 25.9 Å². The van der Waals surface area contributed by atoms with Gasteiger partial charge in [-0.2, -0.15) is 0 Å². The zero-order valence-electron chi connectivity index (χ0n) is 13.7. The topological polar surface area (TPSA) is 57.1 Å². The van der Waals surface area contributed by atoms with Gasteiger partial charge in [-0.1, -0.05) is 17.3 Å². The highest BCUT2D eigenvalue weighted by Crippen LogP contribution is 2.26. The van der Waals surface area contributed by atoms with Crippen LogP contribution in [0, 0.1) is 0 Å². The van der Waals surface area contributed by atoms with Crippen molar-refractivity contribution < 1.29 is 19.1 Å². The highest BCUT2D eigenvalue weighted by atomic mass is 16.7. The van der Waals surface area contributed by atoms with E-state index >= 15 is 0 Å². The molecule has 0 unspecified atom stereocenters. The number of para-hydroxylation sites is 1. The molecular weight excluding hydrogens is 306 g/mol. The number of benzene rings is 2. The Balaban J connectivity index is 1.82. The molecule has 0 heterocycles. The van der Waals surface area contributed by atoms with E-state index in [1.807, 2.05) is 18.2 Å². The van der Waals surface area contributed by atoms with Crippen LogP contribution in [0.3, 0.4) is 0 Å². The first-order valence-corrected chi connectivity index (χ1v) is 7.81. The van der Waals surface area contributed by atoms with Crippen LogP contribution in [0.4, 0.5) is 0 Å². The van der Waals surface area contributed by atoms with E-state index in [-0.39, 0.29) is 0 Å². The van der Waals surface area contributed by atoms with Crippen LogP contribution in [0.25, 0.3) is 0 Å². The minimum Gasteiger partial charge on any atom is -0.497 e. The molecule has 0 fully saturated rings. The largest absolute Gasteiger partial charge is 0.497 e. The summed E-state index contributed by atoms with van der Waals surface area (Å²) in [6.45, 7) is 0. The molecule has 0 amide bonds. The van der Waals surface area contributed by atoms with Gasteiger partial charge in [0.15, 0.2) is 0 Å². The number of fused-ring (bicyclic) bond motifs is 1. The molecule has 3 rings (SSSR count). The fourth-order valence-electron chi connectivity index (χ4n) is 2.82. The average molecular weight is 325 g/mol. The summed E-state index contributed by atoms with van der Waals surface area (Å²) >= 11 is 0. The maximum absolute atomic E-state index is 12.3. The van der Waals surface area contributed by atoms with Gasteiger partial charge in [0.1, 0.15) is 17.1 Å². The Kier molecular flexibility index (Phi) is 4.79. The number of methoxy groups -OCH3 is 2. The Bertz CT molecular complexity index is 783. The summed E-state index contributed by atoms with van der Waals surface area (Å²) in [4.78, 5) is 17.4. The summed E-state index contributed by atoms with van der Waals surface area (Å²) < 4.78 is 10.4. The Morgan fingerprint density at radius 2 is 1.88 bits per heavy atom. The lowest BCUT2D eigenvalue weighted by Gasteiger charge is -2.18. The highest BCUT2D eigenvalue weighted by Gasteiger charge is 2.18. The first-order valence-electron chi connectivity index (χ1n) is 7.81. The molecule has 24 heavy (non-hydrogen) atoms. The van der Waals surface area contributed by atoms with Crippen molar-refractivity contribution in [1.29, 1.82) is 0 Å². The van der Waals surface area contributed by atoms with Crippen molar-refractivity contribution in [3.63, 3.8) is 0 Å². The maximum Gasteiger partial charge on any atom is 0.369 e. The first kappa shape index (κ1) is 16.1. The third-order valence-electron chi connectivity index (χ3n) is 4.05. The zero-order chi connectivity index (χ0) is 16.9. The van der Waals surface area contributed by atoms with Crippen molar-refractivity contribution in [2.45, 2.75) is 19.3 Å². The molecule has 0 saturated heterocycles. The number of hydrogen-bond donors (Lipinski definition) is 0. The Hall–Kier alpha value is -2.82. The van der Waals surface area contributed by atoms with Gasteiger partial charge < -0.3 is 14.3 Å². The molecule has 1 aliphatic rings. The monoisotopic (exact) mass is 325 g/mol. The van der Waals surface area contributed by atoms with Crippen LogP contribution in [0.1, 0.15) is 34.3 Å². The Labute approximate surface area is 140 Å². The van der Waals surface area contributed by atoms with E-state index in [1.54, 1.807) is 31.4 Å². The third kappa shape index (κ3) is 3.25. The van der Waals surface area contributed by atoms with Gasteiger partial charge in [-0.25, -0.2) is 4.79 Å². The zero-order valence-corrected chi connectivity index (χ0v) is 13.7. The minimum atomic E-state index is -0.527. The summed E-state index contributed by atoms with van der Waals surface area (Å²) in [6.07, 6.45) is 2.70. The van der Waals surface area contributed by atoms with Gasteiger partial charge in [-0.05, 0) is 55.2 Å². The fourth-order valence-corrected chi connectivity index (χ4v) is 2.82. The fraction of sp³-hybridized carbons (Fsp3) is 0.263. The van der Waals surface area contributed by atoms with E-state index in [9.17, 15) is 4.79 Å². The molecule has 5 nitrogen and oxygen atoms in total. The molecule has 124 valence electrons. The Morgan fingerprint density at radius 1 is 1.04 bits per heavy atom. The molecule has 1 aliphatic carbocycles. The molecule has 0 aliphatic heterocycles. The third-order valence-corrected chi connectivity index (χ3v) is 4.05. The van der Waals surface area contributed by atoms with Crippen molar-refractivity contribution in [3.05, 3.63) is 59.2 Å². The van der Waals surface area contributed by atoms with Crippen LogP contribution in [0.5, 0.6) is 11.5 Å². The van der Waals surface area contributed by atoms with Gasteiger partial charge in [0.05, 0.1) is 19.9 Å². The van der Waals surface area contributed by atoms with Gasteiger partial charge in [0.2, 0.25) is 0 Å². The molecule has 0 atom stereocenters. The van der Waals surface area contributed by atoms with Crippen molar-refractivity contribution in [1.82, 2.24) is 0 Å². The molecule has 0 spiro atoms. The number of carbonyl (C=O) groups is 1. The molecule has 2 aromatic rings. The number of ether oxygens (including phenoxy) is 2. The summed E-state index contributed by atoms with van der Waals surface area (Å²) in [7, 11) is 3.16. The molecule has 0 radical (unpaired) electrons. The van der Waals surface area contributed by atoms with E-state index in [2.05, 4.69) is 5.16 Å². The van der Waals surface area contributed by atoms with Crippen molar-refractivity contribution in [2.75, 3.05) is 14.2 Å². The number of aryl methyl sites for hydroxylation is 1. The first-order chi connectivity index (χ1) is 11.7. The number of oxime groups is 1. The SMILES string of the molecule is COc1ccc2c(c1)CCCC2=NOC(=O)c1ccccc1OC. The molecule has 5 heteroatoms. The summed E-state index contributed by atoms with van der Waals surface area (Å²) in [5.74, 6) is 0.762. The van der Waals surface area contributed by atoms with Crippen molar-refractivity contribution in [3.8, 4) is 11.5 Å². The molecule has 0 saturated carbocycles. The van der Waals surface area contributed by atoms with Gasteiger partial charge in [0.25, 0.3) is 0 Å². The maximum atomic E-state index is 12.3. The second kappa shape index (κ2) is 7.17. The number of rotatable bonds is 4. The quantitative estimate of drug-likeness (QED) is 0.636. The van der Waals surface area contributed by atoms with Crippen LogP contribution < -0.4 is 9.47 Å². The molecule has 0 N–H and O–H groups in total. The number of nitrogens with zero attached hydrogens (tertiary/aromatic N) is 1. The van der Waals surface area contributed by atoms with E-state index < -0.39 is 5.97 Å². The van der Waals surface area contributed by atoms with E-state index in [0.29, 0.717) is 11.3 Å². The summed E-state index contributed by atoms with van der Waals surface area (Å²) in [5, 5.41) is 4.10. The molecule has 0 aromatic heterocycles. The lowest BCUT2D eigenvalue weighted by atomic mass is 9.90. The second-order valence-electron chi connectivity index (χ2n) is 5.49. The molecule has 0 bridgehead atoms. The second-order valence-corrected chi connectivity index (χ2v) is 5.49. The number of hydrogen-bond acceptors (Lipinski definition) is 5. The van der Waals surface area contributed by atoms with Gasteiger partial charge in [-0.15, -0.1) is 0 Å². The van der Waals surface area contributed by atoms with Gasteiger partial charge in [0, 0.05) is 5.56 Å². The standard InChI is InChI=1S/C19H19NO4/c1-22-14-10-11-15-13(12-14)6-5-8-17(15)20-24-19(21)16-7-3-4-9-18(16)23-2/h3-4,7,9-12H,5-6,8H2,1-2H3. The van der Waals surface area contributed by atoms with Gasteiger partial charge in [-0.3, -0.25) is 0 Å². The predicted octanol–water partition coefficient (Wildman–Crippen LogP) is 3.60. The van der Waals surface area contributed by atoms with Crippen LogP contribution >= 0.6 is 0 Å². The average Bonchev–Trinajstić information content (AvgIpc) is 2.65. The number of carbonyl (C=O) groups excluding carboxylic acids is 1. The van der Waals surface area contributed by atoms with Crippen LogP contribution in [0.15, 0.2) is 47.6 Å². The smallest absolute Gasteiger partial charge is 0.369 e. The predicted molar refractivity (Wildman–Crippen MR) is 90.9 cm³/mol. The van der Waals surface area contributed by atoms with E-state index in [0.717, 1.165) is 41.9 Å². The van der Waals surface area contributed by atoms with Crippen molar-refractivity contribution >= 4 is 11.7 Å².